The van der Waals surface area contributed by atoms with Crippen molar-refractivity contribution in [1.29, 1.82) is 0 Å². The normalized spacial score (nSPS) is 10.7. The number of nitrogens with one attached hydrogen (secondary N) is 2. The molecule has 0 saturated carbocycles. The molecule has 0 aliphatic heterocycles. The van der Waals surface area contributed by atoms with Gasteiger partial charge in [0.2, 0.25) is 0 Å². The average Bonchev–Trinajstić information content (AvgIpc) is 2.84. The second kappa shape index (κ2) is 6.68. The topological polar surface area (TPSA) is 96.3 Å². The van der Waals surface area contributed by atoms with Gasteiger partial charge in [-0.1, -0.05) is 18.2 Å². The Hall–Kier alpha value is -2.93. The molecule has 0 fully saturated rings. The number of carbonyl (C=O) groups excluding carboxylic acids is 2. The van der Waals surface area contributed by atoms with Crippen molar-refractivity contribution in [1.82, 2.24) is 15.3 Å². The van der Waals surface area contributed by atoms with E-state index in [1.807, 2.05) is 0 Å². The number of benzene rings is 1. The average molecular weight is 300 g/mol. The van der Waals surface area contributed by atoms with E-state index in [4.69, 9.17) is 5.21 Å². The highest BCUT2D eigenvalue weighted by atomic mass is 16.5. The van der Waals surface area contributed by atoms with Gasteiger partial charge in [0.05, 0.1) is 5.69 Å². The van der Waals surface area contributed by atoms with Gasteiger partial charge in [-0.2, -0.15) is 5.10 Å². The number of carbonyl (C=O) groups is 2. The Morgan fingerprint density at radius 2 is 2.05 bits per heavy atom. The van der Waals surface area contributed by atoms with Crippen molar-refractivity contribution in [2.75, 3.05) is 5.32 Å². The first-order valence-electron chi connectivity index (χ1n) is 6.54. The second-order valence-electron chi connectivity index (χ2n) is 4.65. The number of rotatable bonds is 4. The number of para-hydroxylation sites is 1. The predicted molar refractivity (Wildman–Crippen MR) is 81.3 cm³/mol. The molecular weight excluding hydrogens is 284 g/mol. The van der Waals surface area contributed by atoms with Crippen LogP contribution in [0.25, 0.3) is 6.08 Å². The lowest BCUT2D eigenvalue weighted by Gasteiger charge is -2.08. The molecule has 114 valence electrons. The molecule has 0 aliphatic rings. The van der Waals surface area contributed by atoms with E-state index in [1.165, 1.54) is 22.3 Å². The molecule has 2 rings (SSSR count). The number of aryl methyl sites for hydroxylation is 2. The van der Waals surface area contributed by atoms with E-state index in [1.54, 1.807) is 44.3 Å². The summed E-state index contributed by atoms with van der Waals surface area (Å²) in [6, 6.07) is 8.70. The fourth-order valence-corrected chi connectivity index (χ4v) is 1.97. The zero-order valence-corrected chi connectivity index (χ0v) is 12.2. The Morgan fingerprint density at radius 3 is 2.68 bits per heavy atom. The number of hydrogen-bond acceptors (Lipinski definition) is 4. The third kappa shape index (κ3) is 3.58. The summed E-state index contributed by atoms with van der Waals surface area (Å²) in [5.74, 6) is -0.945. The number of hydrogen-bond donors (Lipinski definition) is 3. The summed E-state index contributed by atoms with van der Waals surface area (Å²) >= 11 is 0. The lowest BCUT2D eigenvalue weighted by atomic mass is 10.1. The molecule has 7 nitrogen and oxygen atoms in total. The Balaban J connectivity index is 2.23. The van der Waals surface area contributed by atoms with Crippen LogP contribution in [0.4, 0.5) is 5.69 Å². The van der Waals surface area contributed by atoms with Crippen molar-refractivity contribution in [3.05, 3.63) is 53.4 Å². The first-order chi connectivity index (χ1) is 10.5. The molecular formula is C15H16N4O3. The Labute approximate surface area is 127 Å². The van der Waals surface area contributed by atoms with Crippen LogP contribution in [0.5, 0.6) is 0 Å². The summed E-state index contributed by atoms with van der Waals surface area (Å²) in [7, 11) is 1.69. The molecule has 3 N–H and O–H groups in total. The Bertz CT molecular complexity index is 734. The number of nitrogens with zero attached hydrogens (tertiary/aromatic N) is 2. The number of amides is 2. The van der Waals surface area contributed by atoms with E-state index in [0.717, 1.165) is 5.69 Å². The Morgan fingerprint density at radius 1 is 1.32 bits per heavy atom. The molecule has 2 amide bonds. The van der Waals surface area contributed by atoms with Crippen molar-refractivity contribution in [3.8, 4) is 0 Å². The number of anilines is 1. The maximum Gasteiger partial charge on any atom is 0.273 e. The largest absolute Gasteiger partial charge is 0.320 e. The molecule has 0 radical (unpaired) electrons. The molecule has 1 heterocycles. The third-order valence-corrected chi connectivity index (χ3v) is 2.97. The van der Waals surface area contributed by atoms with Crippen LogP contribution < -0.4 is 10.8 Å². The fraction of sp³-hybridized carbons (Fsp3) is 0.133. The van der Waals surface area contributed by atoms with Crippen molar-refractivity contribution >= 4 is 23.6 Å². The van der Waals surface area contributed by atoms with E-state index in [2.05, 4.69) is 10.4 Å². The SMILES string of the molecule is Cc1cc(C(=O)Nc2ccccc2C=CC(=O)NO)n(C)n1. The van der Waals surface area contributed by atoms with Crippen LogP contribution in [0.15, 0.2) is 36.4 Å². The summed E-state index contributed by atoms with van der Waals surface area (Å²) in [5, 5.41) is 15.4. The Kier molecular flexibility index (Phi) is 4.70. The quantitative estimate of drug-likeness (QED) is 0.453. The smallest absolute Gasteiger partial charge is 0.273 e. The molecule has 7 heteroatoms. The number of aromatic nitrogens is 2. The summed E-state index contributed by atoms with van der Waals surface area (Å²) in [5.41, 5.74) is 3.88. The molecule has 0 unspecified atom stereocenters. The molecule has 1 aromatic carbocycles. The van der Waals surface area contributed by atoms with Gasteiger partial charge in [-0.3, -0.25) is 19.5 Å². The predicted octanol–water partition coefficient (Wildman–Crippen LogP) is 1.50. The van der Waals surface area contributed by atoms with Gasteiger partial charge in [0, 0.05) is 18.8 Å². The molecule has 0 aliphatic carbocycles. The van der Waals surface area contributed by atoms with Gasteiger partial charge in [-0.15, -0.1) is 0 Å². The summed E-state index contributed by atoms with van der Waals surface area (Å²) in [6.07, 6.45) is 2.66. The third-order valence-electron chi connectivity index (χ3n) is 2.97. The molecule has 2 aromatic rings. The van der Waals surface area contributed by atoms with E-state index in [9.17, 15) is 9.59 Å². The van der Waals surface area contributed by atoms with Crippen LogP contribution in [0, 0.1) is 6.92 Å². The van der Waals surface area contributed by atoms with Gasteiger partial charge in [-0.05, 0) is 30.7 Å². The van der Waals surface area contributed by atoms with Crippen LogP contribution >= 0.6 is 0 Å². The van der Waals surface area contributed by atoms with Gasteiger partial charge in [0.1, 0.15) is 5.69 Å². The van der Waals surface area contributed by atoms with Gasteiger partial charge < -0.3 is 5.32 Å². The summed E-state index contributed by atoms with van der Waals surface area (Å²) in [6.45, 7) is 1.81. The zero-order valence-electron chi connectivity index (χ0n) is 12.2. The minimum atomic E-state index is -0.650. The van der Waals surface area contributed by atoms with Crippen LogP contribution in [0.2, 0.25) is 0 Å². The number of hydroxylamine groups is 1. The van der Waals surface area contributed by atoms with E-state index in [0.29, 0.717) is 16.9 Å². The van der Waals surface area contributed by atoms with Crippen LogP contribution in [0.3, 0.4) is 0 Å². The molecule has 0 bridgehead atoms. The maximum atomic E-state index is 12.3. The lowest BCUT2D eigenvalue weighted by Crippen LogP contribution is -2.17. The first-order valence-corrected chi connectivity index (χ1v) is 6.54. The van der Waals surface area contributed by atoms with Crippen molar-refractivity contribution < 1.29 is 14.8 Å². The summed E-state index contributed by atoms with van der Waals surface area (Å²) in [4.78, 5) is 23.3. The zero-order chi connectivity index (χ0) is 16.1. The van der Waals surface area contributed by atoms with Crippen LogP contribution in [0.1, 0.15) is 21.7 Å². The van der Waals surface area contributed by atoms with Crippen molar-refractivity contribution in [2.24, 2.45) is 7.05 Å². The van der Waals surface area contributed by atoms with Crippen LogP contribution in [-0.4, -0.2) is 26.8 Å². The molecule has 0 atom stereocenters. The standard InChI is InChI=1S/C15H16N4O3/c1-10-9-13(19(2)17-10)15(21)16-12-6-4-3-5-11(12)7-8-14(20)18-22/h3-9,22H,1-2H3,(H,16,21)(H,18,20). The summed E-state index contributed by atoms with van der Waals surface area (Å²) < 4.78 is 1.50. The highest BCUT2D eigenvalue weighted by molar-refractivity contribution is 6.04. The van der Waals surface area contributed by atoms with Crippen molar-refractivity contribution in [3.63, 3.8) is 0 Å². The maximum absolute atomic E-state index is 12.3. The lowest BCUT2D eigenvalue weighted by molar-refractivity contribution is -0.124. The highest BCUT2D eigenvalue weighted by Crippen LogP contribution is 2.18. The molecule has 22 heavy (non-hydrogen) atoms. The fourth-order valence-electron chi connectivity index (χ4n) is 1.97. The minimum Gasteiger partial charge on any atom is -0.320 e. The monoisotopic (exact) mass is 300 g/mol. The van der Waals surface area contributed by atoms with Gasteiger partial charge >= 0.3 is 0 Å². The van der Waals surface area contributed by atoms with E-state index < -0.39 is 5.91 Å². The molecule has 0 saturated heterocycles. The molecule has 0 spiro atoms. The minimum absolute atomic E-state index is 0.296. The second-order valence-corrected chi connectivity index (χ2v) is 4.65. The van der Waals surface area contributed by atoms with Gasteiger partial charge in [0.15, 0.2) is 0 Å². The van der Waals surface area contributed by atoms with Gasteiger partial charge in [-0.25, -0.2) is 5.48 Å². The van der Waals surface area contributed by atoms with Gasteiger partial charge in [0.25, 0.3) is 11.8 Å². The van der Waals surface area contributed by atoms with Crippen molar-refractivity contribution in [2.45, 2.75) is 6.92 Å². The first kappa shape index (κ1) is 15.5. The van der Waals surface area contributed by atoms with E-state index in [-0.39, 0.29) is 5.91 Å². The highest BCUT2D eigenvalue weighted by Gasteiger charge is 2.13. The van der Waals surface area contributed by atoms with E-state index >= 15 is 0 Å². The molecule has 1 aromatic heterocycles. The van der Waals surface area contributed by atoms with Crippen LogP contribution in [-0.2, 0) is 11.8 Å².